The quantitative estimate of drug-likeness (QED) is 0.502. The third-order valence-corrected chi connectivity index (χ3v) is 7.20. The molecule has 0 fully saturated rings. The van der Waals surface area contributed by atoms with Crippen LogP contribution >= 0.6 is 11.3 Å². The molecule has 28 heavy (non-hydrogen) atoms. The summed E-state index contributed by atoms with van der Waals surface area (Å²) in [5, 5.41) is 5.47. The maximum absolute atomic E-state index is 12.3. The molecule has 0 unspecified atom stereocenters. The summed E-state index contributed by atoms with van der Waals surface area (Å²) in [4.78, 5) is 17.1. The number of thiazole rings is 1. The zero-order valence-electron chi connectivity index (χ0n) is 15.0. The van der Waals surface area contributed by atoms with Crippen molar-refractivity contribution in [2.45, 2.75) is 17.7 Å². The molecule has 1 N–H and O–H groups in total. The summed E-state index contributed by atoms with van der Waals surface area (Å²) in [6, 6.07) is 20.3. The Morgan fingerprint density at radius 2 is 1.71 bits per heavy atom. The van der Waals surface area contributed by atoms with E-state index in [9.17, 15) is 13.2 Å². The highest BCUT2D eigenvalue weighted by molar-refractivity contribution is 7.91. The highest BCUT2D eigenvalue weighted by atomic mass is 32.2. The fourth-order valence-corrected chi connectivity index (χ4v) is 5.30. The van der Waals surface area contributed by atoms with Gasteiger partial charge < -0.3 is 5.32 Å². The summed E-state index contributed by atoms with van der Waals surface area (Å²) in [5.74, 6) is -0.291. The van der Waals surface area contributed by atoms with Crippen LogP contribution in [0.25, 0.3) is 21.0 Å². The Kier molecular flexibility index (Phi) is 5.11. The molecule has 0 aliphatic carbocycles. The second-order valence-electron chi connectivity index (χ2n) is 6.44. The first-order valence-electron chi connectivity index (χ1n) is 8.89. The minimum atomic E-state index is -3.37. The maximum atomic E-state index is 12.3. The smallest absolute Gasteiger partial charge is 0.226 e. The number of sulfone groups is 1. The van der Waals surface area contributed by atoms with E-state index in [1.165, 1.54) is 11.3 Å². The summed E-state index contributed by atoms with van der Waals surface area (Å²) < 4.78 is 25.5. The average molecular weight is 411 g/mol. The first-order chi connectivity index (χ1) is 13.5. The van der Waals surface area contributed by atoms with E-state index in [4.69, 9.17) is 0 Å². The van der Waals surface area contributed by atoms with Crippen molar-refractivity contribution in [3.63, 3.8) is 0 Å². The minimum absolute atomic E-state index is 0.0606. The van der Waals surface area contributed by atoms with Crippen molar-refractivity contribution in [3.05, 3.63) is 66.7 Å². The largest absolute Gasteiger partial charge is 0.302 e. The monoisotopic (exact) mass is 410 g/mol. The van der Waals surface area contributed by atoms with Crippen LogP contribution in [0.2, 0.25) is 0 Å². The van der Waals surface area contributed by atoms with Crippen molar-refractivity contribution in [2.24, 2.45) is 0 Å². The summed E-state index contributed by atoms with van der Waals surface area (Å²) >= 11 is 1.42. The normalized spacial score (nSPS) is 11.7. The van der Waals surface area contributed by atoms with Crippen molar-refractivity contribution < 1.29 is 13.2 Å². The van der Waals surface area contributed by atoms with Gasteiger partial charge in [0, 0.05) is 11.8 Å². The van der Waals surface area contributed by atoms with Gasteiger partial charge in [-0.25, -0.2) is 13.4 Å². The fraction of sp³-hybridized carbons (Fsp3) is 0.143. The van der Waals surface area contributed by atoms with Crippen molar-refractivity contribution in [1.82, 2.24) is 4.98 Å². The molecule has 0 saturated heterocycles. The molecule has 0 bridgehead atoms. The SMILES string of the molecule is O=C(CCCS(=O)(=O)c1ccccc1)Nc1nc2c(ccc3ccccc32)s1. The van der Waals surface area contributed by atoms with Crippen molar-refractivity contribution in [1.29, 1.82) is 0 Å². The predicted octanol–water partition coefficient (Wildman–Crippen LogP) is 4.64. The topological polar surface area (TPSA) is 76.1 Å². The number of hydrogen-bond acceptors (Lipinski definition) is 5. The predicted molar refractivity (Wildman–Crippen MR) is 113 cm³/mol. The molecule has 0 radical (unpaired) electrons. The number of aromatic nitrogens is 1. The molecule has 0 atom stereocenters. The van der Waals surface area contributed by atoms with Crippen LogP contribution in [-0.2, 0) is 14.6 Å². The second kappa shape index (κ2) is 7.69. The van der Waals surface area contributed by atoms with Gasteiger partial charge in [-0.1, -0.05) is 59.9 Å². The van der Waals surface area contributed by atoms with E-state index < -0.39 is 9.84 Å². The van der Waals surface area contributed by atoms with Crippen LogP contribution in [-0.4, -0.2) is 25.1 Å². The maximum Gasteiger partial charge on any atom is 0.226 e. The lowest BCUT2D eigenvalue weighted by molar-refractivity contribution is -0.116. The zero-order chi connectivity index (χ0) is 19.6. The van der Waals surface area contributed by atoms with Gasteiger partial charge in [-0.15, -0.1) is 0 Å². The number of carbonyl (C=O) groups is 1. The van der Waals surface area contributed by atoms with Crippen LogP contribution in [0.5, 0.6) is 0 Å². The third-order valence-electron chi connectivity index (χ3n) is 4.45. The molecule has 5 nitrogen and oxygen atoms in total. The van der Waals surface area contributed by atoms with Gasteiger partial charge in [-0.05, 0) is 30.0 Å². The molecule has 0 aliphatic rings. The Morgan fingerprint density at radius 1 is 0.964 bits per heavy atom. The Balaban J connectivity index is 1.41. The van der Waals surface area contributed by atoms with E-state index in [0.717, 1.165) is 21.0 Å². The van der Waals surface area contributed by atoms with E-state index in [0.29, 0.717) is 5.13 Å². The molecule has 1 heterocycles. The molecule has 142 valence electrons. The van der Waals surface area contributed by atoms with E-state index in [1.807, 2.05) is 36.4 Å². The molecule has 4 aromatic rings. The van der Waals surface area contributed by atoms with Gasteiger partial charge in [0.25, 0.3) is 0 Å². The zero-order valence-corrected chi connectivity index (χ0v) is 16.6. The van der Waals surface area contributed by atoms with Gasteiger partial charge >= 0.3 is 0 Å². The Labute approximate surface area is 167 Å². The van der Waals surface area contributed by atoms with E-state index in [2.05, 4.69) is 10.3 Å². The summed E-state index contributed by atoms with van der Waals surface area (Å²) in [5.41, 5.74) is 0.866. The van der Waals surface area contributed by atoms with Gasteiger partial charge in [0.15, 0.2) is 15.0 Å². The van der Waals surface area contributed by atoms with Crippen LogP contribution in [0.4, 0.5) is 5.13 Å². The van der Waals surface area contributed by atoms with Crippen LogP contribution in [0.3, 0.4) is 0 Å². The third kappa shape index (κ3) is 3.90. The molecule has 4 rings (SSSR count). The number of anilines is 1. The summed E-state index contributed by atoms with van der Waals surface area (Å²) in [6.07, 6.45) is 0.389. The highest BCUT2D eigenvalue weighted by Crippen LogP contribution is 2.31. The van der Waals surface area contributed by atoms with Crippen LogP contribution < -0.4 is 5.32 Å². The van der Waals surface area contributed by atoms with Crippen molar-refractivity contribution >= 4 is 53.2 Å². The van der Waals surface area contributed by atoms with Gasteiger partial charge in [0.05, 0.1) is 20.9 Å². The molecule has 0 spiro atoms. The standard InChI is InChI=1S/C21H18N2O3S2/c24-19(11-6-14-28(25,26)16-8-2-1-3-9-16)22-21-23-20-17-10-5-4-7-15(17)12-13-18(20)27-21/h1-5,7-10,12-13H,6,11,14H2,(H,22,23,24). The Hall–Kier alpha value is -2.77. The average Bonchev–Trinajstić information content (AvgIpc) is 3.11. The highest BCUT2D eigenvalue weighted by Gasteiger charge is 2.15. The second-order valence-corrected chi connectivity index (χ2v) is 9.58. The molecule has 0 aliphatic heterocycles. The molecule has 1 aromatic heterocycles. The van der Waals surface area contributed by atoms with Gasteiger partial charge in [-0.3, -0.25) is 4.79 Å². The number of benzene rings is 3. The van der Waals surface area contributed by atoms with Gasteiger partial charge in [0.1, 0.15) is 0 Å². The molecular formula is C21H18N2O3S2. The molecule has 0 saturated carbocycles. The molecule has 3 aromatic carbocycles. The molecule has 1 amide bonds. The lowest BCUT2D eigenvalue weighted by Crippen LogP contribution is -2.14. The number of fused-ring (bicyclic) bond motifs is 3. The first kappa shape index (κ1) is 18.6. The lowest BCUT2D eigenvalue weighted by atomic mass is 10.1. The first-order valence-corrected chi connectivity index (χ1v) is 11.4. The Bertz CT molecular complexity index is 1250. The van der Waals surface area contributed by atoms with Gasteiger partial charge in [-0.2, -0.15) is 0 Å². The van der Waals surface area contributed by atoms with E-state index in [1.54, 1.807) is 30.3 Å². The summed E-state index contributed by atoms with van der Waals surface area (Å²) in [6.45, 7) is 0. The van der Waals surface area contributed by atoms with Crippen LogP contribution in [0.1, 0.15) is 12.8 Å². The number of nitrogens with zero attached hydrogens (tertiary/aromatic N) is 1. The van der Waals surface area contributed by atoms with Crippen LogP contribution in [0, 0.1) is 0 Å². The molecule has 7 heteroatoms. The molecular weight excluding hydrogens is 392 g/mol. The number of amides is 1. The number of carbonyl (C=O) groups excluding carboxylic acids is 1. The number of nitrogens with one attached hydrogen (secondary N) is 1. The number of hydrogen-bond donors (Lipinski definition) is 1. The van der Waals surface area contributed by atoms with E-state index >= 15 is 0 Å². The van der Waals surface area contributed by atoms with Crippen LogP contribution in [0.15, 0.2) is 71.6 Å². The Morgan fingerprint density at radius 3 is 2.54 bits per heavy atom. The van der Waals surface area contributed by atoms with Gasteiger partial charge in [0.2, 0.25) is 5.91 Å². The lowest BCUT2D eigenvalue weighted by Gasteiger charge is -2.04. The van der Waals surface area contributed by atoms with Crippen molar-refractivity contribution in [3.8, 4) is 0 Å². The van der Waals surface area contributed by atoms with Crippen molar-refractivity contribution in [2.75, 3.05) is 11.1 Å². The number of rotatable bonds is 6. The van der Waals surface area contributed by atoms with E-state index in [-0.39, 0.29) is 29.4 Å². The minimum Gasteiger partial charge on any atom is -0.302 e. The summed E-state index contributed by atoms with van der Waals surface area (Å²) in [7, 11) is -3.37. The fourth-order valence-electron chi connectivity index (χ4n) is 3.06.